The van der Waals surface area contributed by atoms with Crippen molar-refractivity contribution >= 4 is 5.97 Å². The van der Waals surface area contributed by atoms with Crippen LogP contribution in [0.2, 0.25) is 0 Å². The quantitative estimate of drug-likeness (QED) is 0.454. The van der Waals surface area contributed by atoms with Gasteiger partial charge in [0.05, 0.1) is 0 Å². The zero-order valence-corrected chi connectivity index (χ0v) is 12.7. The number of ether oxygens (including phenoxy) is 1. The molecule has 0 spiro atoms. The van der Waals surface area contributed by atoms with Crippen LogP contribution in [0.3, 0.4) is 0 Å². The summed E-state index contributed by atoms with van der Waals surface area (Å²) in [6, 6.07) is 0. The fourth-order valence-electron chi connectivity index (χ4n) is 2.58. The van der Waals surface area contributed by atoms with Crippen LogP contribution in [0.5, 0.6) is 0 Å². The van der Waals surface area contributed by atoms with E-state index in [1.54, 1.807) is 0 Å². The van der Waals surface area contributed by atoms with Gasteiger partial charge in [-0.25, -0.2) is 0 Å². The van der Waals surface area contributed by atoms with Gasteiger partial charge in [0.2, 0.25) is 0 Å². The summed E-state index contributed by atoms with van der Waals surface area (Å²) in [6.07, 6.45) is 16.1. The van der Waals surface area contributed by atoms with Crippen molar-refractivity contribution in [1.82, 2.24) is 0 Å². The highest BCUT2D eigenvalue weighted by atomic mass is 16.5. The molecular formula is C17H30O2. The number of carbonyl (C=O) groups excluding carboxylic acids is 1. The van der Waals surface area contributed by atoms with E-state index in [2.05, 4.69) is 19.1 Å². The van der Waals surface area contributed by atoms with Gasteiger partial charge in [0, 0.05) is 12.8 Å². The minimum absolute atomic E-state index is 0.0175. The Hall–Kier alpha value is -0.790. The monoisotopic (exact) mass is 266 g/mol. The maximum atomic E-state index is 11.8. The standard InChI is InChI=1S/C17H30O2/c1-15-12-10-8-6-4-3-5-7-9-11-13-16(2)19-17(18)14-15/h9,11,15-16H,3-8,10,12-14H2,1-2H3/b11-9+. The molecule has 2 heteroatoms. The lowest BCUT2D eigenvalue weighted by Crippen LogP contribution is -2.16. The third-order valence-electron chi connectivity index (χ3n) is 3.80. The van der Waals surface area contributed by atoms with Gasteiger partial charge in [-0.3, -0.25) is 4.79 Å². The topological polar surface area (TPSA) is 26.3 Å². The summed E-state index contributed by atoms with van der Waals surface area (Å²) in [6.45, 7) is 4.14. The first-order chi connectivity index (χ1) is 9.18. The average molecular weight is 266 g/mol. The predicted molar refractivity (Wildman–Crippen MR) is 80.0 cm³/mol. The molecule has 0 aromatic carbocycles. The molecule has 0 fully saturated rings. The average Bonchev–Trinajstić information content (AvgIpc) is 2.34. The number of allylic oxidation sites excluding steroid dienone is 1. The van der Waals surface area contributed by atoms with Crippen LogP contribution in [0.4, 0.5) is 0 Å². The summed E-state index contributed by atoms with van der Waals surface area (Å²) in [5.41, 5.74) is 0. The van der Waals surface area contributed by atoms with Gasteiger partial charge >= 0.3 is 5.97 Å². The number of carbonyl (C=O) groups is 1. The molecule has 1 rings (SSSR count). The molecule has 0 aromatic heterocycles. The highest BCUT2D eigenvalue weighted by Gasteiger charge is 2.13. The summed E-state index contributed by atoms with van der Waals surface area (Å²) in [5, 5.41) is 0. The number of hydrogen-bond donors (Lipinski definition) is 0. The van der Waals surface area contributed by atoms with Crippen LogP contribution in [0.25, 0.3) is 0 Å². The highest BCUT2D eigenvalue weighted by Crippen LogP contribution is 2.17. The Morgan fingerprint density at radius 1 is 1.00 bits per heavy atom. The smallest absolute Gasteiger partial charge is 0.306 e. The third kappa shape index (κ3) is 8.85. The number of hydrogen-bond acceptors (Lipinski definition) is 2. The Kier molecular flexibility index (Phi) is 8.61. The fraction of sp³-hybridized carbons (Fsp3) is 0.824. The molecular weight excluding hydrogens is 236 g/mol. The second-order valence-electron chi connectivity index (χ2n) is 6.02. The van der Waals surface area contributed by atoms with Crippen LogP contribution in [-0.4, -0.2) is 12.1 Å². The fourth-order valence-corrected chi connectivity index (χ4v) is 2.58. The van der Waals surface area contributed by atoms with Gasteiger partial charge in [-0.15, -0.1) is 0 Å². The summed E-state index contributed by atoms with van der Waals surface area (Å²) >= 11 is 0. The largest absolute Gasteiger partial charge is 0.462 e. The highest BCUT2D eigenvalue weighted by molar-refractivity contribution is 5.69. The maximum Gasteiger partial charge on any atom is 0.306 e. The van der Waals surface area contributed by atoms with Crippen molar-refractivity contribution in [2.24, 2.45) is 5.92 Å². The van der Waals surface area contributed by atoms with Crippen molar-refractivity contribution in [3.8, 4) is 0 Å². The van der Waals surface area contributed by atoms with Crippen molar-refractivity contribution in [2.45, 2.75) is 84.2 Å². The lowest BCUT2D eigenvalue weighted by molar-refractivity contribution is -0.149. The first-order valence-electron chi connectivity index (χ1n) is 8.03. The number of rotatable bonds is 0. The van der Waals surface area contributed by atoms with Gasteiger partial charge in [0.1, 0.15) is 6.10 Å². The van der Waals surface area contributed by atoms with E-state index in [0.717, 1.165) is 19.3 Å². The molecule has 1 heterocycles. The third-order valence-corrected chi connectivity index (χ3v) is 3.80. The molecule has 0 bridgehead atoms. The van der Waals surface area contributed by atoms with E-state index in [0.29, 0.717) is 12.3 Å². The van der Waals surface area contributed by atoms with E-state index in [1.165, 1.54) is 38.5 Å². The molecule has 2 unspecified atom stereocenters. The molecule has 0 aliphatic carbocycles. The Morgan fingerprint density at radius 3 is 2.47 bits per heavy atom. The van der Waals surface area contributed by atoms with Crippen LogP contribution in [-0.2, 0) is 9.53 Å². The van der Waals surface area contributed by atoms with Gasteiger partial charge in [-0.2, -0.15) is 0 Å². The molecule has 0 N–H and O–H groups in total. The normalized spacial score (nSPS) is 30.5. The molecule has 19 heavy (non-hydrogen) atoms. The van der Waals surface area contributed by atoms with Gasteiger partial charge in [-0.1, -0.05) is 57.6 Å². The van der Waals surface area contributed by atoms with Gasteiger partial charge in [-0.05, 0) is 25.7 Å². The van der Waals surface area contributed by atoms with Gasteiger partial charge in [0.15, 0.2) is 0 Å². The van der Waals surface area contributed by atoms with Crippen molar-refractivity contribution < 1.29 is 9.53 Å². The molecule has 0 radical (unpaired) electrons. The molecule has 2 nitrogen and oxygen atoms in total. The van der Waals surface area contributed by atoms with Crippen LogP contribution in [0.1, 0.15) is 78.1 Å². The first-order valence-corrected chi connectivity index (χ1v) is 8.03. The Bertz CT molecular complexity index is 270. The summed E-state index contributed by atoms with van der Waals surface area (Å²) in [5.74, 6) is 0.434. The zero-order chi connectivity index (χ0) is 13.9. The molecule has 2 atom stereocenters. The Balaban J connectivity index is 2.39. The van der Waals surface area contributed by atoms with Crippen molar-refractivity contribution in [3.05, 3.63) is 12.2 Å². The van der Waals surface area contributed by atoms with Crippen molar-refractivity contribution in [3.63, 3.8) is 0 Å². The predicted octanol–water partition coefficient (Wildman–Crippen LogP) is 5.03. The zero-order valence-electron chi connectivity index (χ0n) is 12.7. The van der Waals surface area contributed by atoms with E-state index < -0.39 is 0 Å². The van der Waals surface area contributed by atoms with Gasteiger partial charge in [0.25, 0.3) is 0 Å². The lowest BCUT2D eigenvalue weighted by atomic mass is 9.99. The first kappa shape index (κ1) is 16.3. The minimum atomic E-state index is -0.0273. The molecule has 1 aliphatic rings. The molecule has 0 saturated heterocycles. The SMILES string of the molecule is CC1CCCCCCCC/C=C/CC(C)OC(=O)C1. The van der Waals surface area contributed by atoms with E-state index in [9.17, 15) is 4.79 Å². The summed E-state index contributed by atoms with van der Waals surface area (Å²) in [7, 11) is 0. The Morgan fingerprint density at radius 2 is 1.68 bits per heavy atom. The molecule has 110 valence electrons. The van der Waals surface area contributed by atoms with Crippen LogP contribution < -0.4 is 0 Å². The van der Waals surface area contributed by atoms with Crippen molar-refractivity contribution in [2.75, 3.05) is 0 Å². The second kappa shape index (κ2) is 10.1. The van der Waals surface area contributed by atoms with E-state index in [1.807, 2.05) is 6.92 Å². The second-order valence-corrected chi connectivity index (χ2v) is 6.02. The Labute approximate surface area is 118 Å². The van der Waals surface area contributed by atoms with Crippen LogP contribution in [0.15, 0.2) is 12.2 Å². The molecule has 0 aromatic rings. The molecule has 1 aliphatic heterocycles. The lowest BCUT2D eigenvalue weighted by Gasteiger charge is -2.15. The summed E-state index contributed by atoms with van der Waals surface area (Å²) in [4.78, 5) is 11.8. The van der Waals surface area contributed by atoms with E-state index >= 15 is 0 Å². The molecule has 0 amide bonds. The van der Waals surface area contributed by atoms with E-state index in [4.69, 9.17) is 4.74 Å². The van der Waals surface area contributed by atoms with Gasteiger partial charge < -0.3 is 4.74 Å². The van der Waals surface area contributed by atoms with Crippen molar-refractivity contribution in [1.29, 1.82) is 0 Å². The minimum Gasteiger partial charge on any atom is -0.462 e. The maximum absolute atomic E-state index is 11.8. The molecule has 0 saturated carbocycles. The van der Waals surface area contributed by atoms with E-state index in [-0.39, 0.29) is 12.1 Å². The number of esters is 1. The van der Waals surface area contributed by atoms with Crippen LogP contribution in [0, 0.1) is 5.92 Å². The number of cyclic esters (lactones) is 1. The van der Waals surface area contributed by atoms with Crippen LogP contribution >= 0.6 is 0 Å². The summed E-state index contributed by atoms with van der Waals surface area (Å²) < 4.78 is 5.43.